The van der Waals surface area contributed by atoms with E-state index in [0.717, 1.165) is 39.8 Å². The van der Waals surface area contributed by atoms with Gasteiger partial charge in [0.2, 0.25) is 0 Å². The third kappa shape index (κ3) is 5.37. The number of fused-ring (bicyclic) bond motifs is 3. The lowest BCUT2D eigenvalue weighted by atomic mass is 10.0. The lowest BCUT2D eigenvalue weighted by Gasteiger charge is -2.27. The molecule has 2 aromatic carbocycles. The van der Waals surface area contributed by atoms with Crippen LogP contribution in [0.2, 0.25) is 10.2 Å². The lowest BCUT2D eigenvalue weighted by molar-refractivity contribution is 0.240. The van der Waals surface area contributed by atoms with Gasteiger partial charge in [0, 0.05) is 49.9 Å². The van der Waals surface area contributed by atoms with E-state index in [-0.39, 0.29) is 11.8 Å². The SMILES string of the molecule is N#Cc1ccc2c(c1)c1c(n2C(=O)NCc2ccnc(Cl)c2)CCN(CC=Cc2ccc(F)cc2Cl)C1. The van der Waals surface area contributed by atoms with Gasteiger partial charge in [-0.15, -0.1) is 0 Å². The number of hydrogen-bond donors (Lipinski definition) is 1. The molecule has 0 aliphatic carbocycles. The van der Waals surface area contributed by atoms with Crippen LogP contribution < -0.4 is 5.32 Å². The molecule has 0 bridgehead atoms. The number of rotatable bonds is 5. The summed E-state index contributed by atoms with van der Waals surface area (Å²) in [5.74, 6) is -0.368. The summed E-state index contributed by atoms with van der Waals surface area (Å²) in [6.07, 6.45) is 6.16. The average Bonchev–Trinajstić information content (AvgIpc) is 3.21. The highest BCUT2D eigenvalue weighted by molar-refractivity contribution is 6.32. The van der Waals surface area contributed by atoms with Crippen LogP contribution in [0.1, 0.15) is 27.9 Å². The van der Waals surface area contributed by atoms with E-state index in [0.29, 0.717) is 41.8 Å². The van der Waals surface area contributed by atoms with Crippen molar-refractivity contribution in [1.82, 2.24) is 19.8 Å². The van der Waals surface area contributed by atoms with Gasteiger partial charge in [0.25, 0.3) is 0 Å². The van der Waals surface area contributed by atoms with Gasteiger partial charge >= 0.3 is 6.03 Å². The third-order valence-electron chi connectivity index (χ3n) is 6.42. The van der Waals surface area contributed by atoms with Crippen molar-refractivity contribution in [3.63, 3.8) is 0 Å². The van der Waals surface area contributed by atoms with Crippen molar-refractivity contribution < 1.29 is 9.18 Å². The topological polar surface area (TPSA) is 74.0 Å². The number of pyridine rings is 1. The Morgan fingerprint density at radius 3 is 2.84 bits per heavy atom. The number of nitrogens with zero attached hydrogens (tertiary/aromatic N) is 4. The van der Waals surface area contributed by atoms with Crippen molar-refractivity contribution in [2.75, 3.05) is 13.1 Å². The predicted octanol–water partition coefficient (Wildman–Crippen LogP) is 6.18. The van der Waals surface area contributed by atoms with E-state index < -0.39 is 0 Å². The van der Waals surface area contributed by atoms with Crippen LogP contribution in [0.3, 0.4) is 0 Å². The summed E-state index contributed by atoms with van der Waals surface area (Å²) in [5, 5.41) is 14.1. The van der Waals surface area contributed by atoms with Crippen LogP contribution in [-0.2, 0) is 19.5 Å². The molecule has 0 atom stereocenters. The van der Waals surface area contributed by atoms with Gasteiger partial charge < -0.3 is 5.32 Å². The van der Waals surface area contributed by atoms with E-state index in [9.17, 15) is 14.4 Å². The molecule has 0 fully saturated rings. The van der Waals surface area contributed by atoms with Gasteiger partial charge in [-0.05, 0) is 59.2 Å². The van der Waals surface area contributed by atoms with E-state index >= 15 is 0 Å². The summed E-state index contributed by atoms with van der Waals surface area (Å²) < 4.78 is 15.0. The molecule has 5 rings (SSSR count). The average molecular weight is 534 g/mol. The van der Waals surface area contributed by atoms with E-state index in [1.165, 1.54) is 12.1 Å². The summed E-state index contributed by atoms with van der Waals surface area (Å²) in [4.78, 5) is 19.6. The molecule has 0 spiro atoms. The number of amides is 1. The molecule has 0 radical (unpaired) electrons. The van der Waals surface area contributed by atoms with Gasteiger partial charge in [0.15, 0.2) is 0 Å². The van der Waals surface area contributed by atoms with Gasteiger partial charge in [0.05, 0.1) is 22.2 Å². The number of carbonyl (C=O) groups excluding carboxylic acids is 1. The van der Waals surface area contributed by atoms with Crippen molar-refractivity contribution in [3.05, 3.63) is 105 Å². The van der Waals surface area contributed by atoms with Crippen molar-refractivity contribution in [1.29, 1.82) is 5.26 Å². The van der Waals surface area contributed by atoms with Crippen LogP contribution in [0.15, 0.2) is 60.8 Å². The highest BCUT2D eigenvalue weighted by atomic mass is 35.5. The highest BCUT2D eigenvalue weighted by Gasteiger charge is 2.26. The monoisotopic (exact) mass is 533 g/mol. The van der Waals surface area contributed by atoms with E-state index in [1.807, 2.05) is 24.3 Å². The minimum atomic E-state index is -0.368. The maximum atomic E-state index is 13.3. The molecular weight excluding hydrogens is 512 g/mol. The molecule has 3 heterocycles. The van der Waals surface area contributed by atoms with Crippen molar-refractivity contribution in [3.8, 4) is 6.07 Å². The number of aromatic nitrogens is 2. The standard InChI is InChI=1S/C28H22Cl2FN5O/c29-24-14-21(31)5-4-20(24)2-1-10-35-11-8-26-23(17-35)22-12-18(15-32)3-6-25(22)36(26)28(37)34-16-19-7-9-33-27(30)13-19/h1-7,9,12-14H,8,10-11,16-17H2,(H,34,37). The molecule has 186 valence electrons. The summed E-state index contributed by atoms with van der Waals surface area (Å²) in [7, 11) is 0. The number of carbonyl (C=O) groups is 1. The molecule has 6 nitrogen and oxygen atoms in total. The number of hydrogen-bond acceptors (Lipinski definition) is 4. The fraction of sp³-hybridized carbons (Fsp3) is 0.179. The molecule has 0 saturated carbocycles. The summed E-state index contributed by atoms with van der Waals surface area (Å²) in [6, 6.07) is 15.2. The van der Waals surface area contributed by atoms with Gasteiger partial charge in [0.1, 0.15) is 11.0 Å². The first-order valence-electron chi connectivity index (χ1n) is 11.7. The number of halogens is 3. The van der Waals surface area contributed by atoms with E-state index in [4.69, 9.17) is 23.2 Å². The first-order valence-corrected chi connectivity index (χ1v) is 12.5. The maximum absolute atomic E-state index is 13.3. The van der Waals surface area contributed by atoms with Crippen LogP contribution in [0.4, 0.5) is 9.18 Å². The van der Waals surface area contributed by atoms with E-state index in [2.05, 4.69) is 21.3 Å². The fourth-order valence-electron chi connectivity index (χ4n) is 4.65. The smallest absolute Gasteiger partial charge is 0.326 e. The first kappa shape index (κ1) is 25.0. The van der Waals surface area contributed by atoms with Crippen molar-refractivity contribution in [2.24, 2.45) is 0 Å². The van der Waals surface area contributed by atoms with Gasteiger partial charge in [-0.2, -0.15) is 5.26 Å². The Morgan fingerprint density at radius 2 is 2.05 bits per heavy atom. The quantitative estimate of drug-likeness (QED) is 0.310. The Labute approximate surface area is 223 Å². The Hall–Kier alpha value is -3.70. The van der Waals surface area contributed by atoms with Crippen LogP contribution >= 0.6 is 23.2 Å². The summed E-state index contributed by atoms with van der Waals surface area (Å²) >= 11 is 12.1. The van der Waals surface area contributed by atoms with Gasteiger partial charge in [-0.25, -0.2) is 14.2 Å². The zero-order chi connectivity index (χ0) is 25.9. The molecule has 0 saturated heterocycles. The second-order valence-electron chi connectivity index (χ2n) is 8.80. The Morgan fingerprint density at radius 1 is 1.19 bits per heavy atom. The minimum absolute atomic E-state index is 0.233. The van der Waals surface area contributed by atoms with Crippen LogP contribution in [0.5, 0.6) is 0 Å². The van der Waals surface area contributed by atoms with Crippen molar-refractivity contribution >= 4 is 46.2 Å². The molecular formula is C28H22Cl2FN5O. The van der Waals surface area contributed by atoms with Crippen LogP contribution in [0.25, 0.3) is 17.0 Å². The molecule has 1 N–H and O–H groups in total. The Kier molecular flexibility index (Phi) is 7.24. The molecule has 37 heavy (non-hydrogen) atoms. The Bertz CT molecular complexity index is 1570. The number of benzene rings is 2. The molecule has 0 unspecified atom stereocenters. The molecule has 9 heteroatoms. The zero-order valence-electron chi connectivity index (χ0n) is 19.7. The van der Waals surface area contributed by atoms with Crippen LogP contribution in [0, 0.1) is 17.1 Å². The van der Waals surface area contributed by atoms with Gasteiger partial charge in [-0.3, -0.25) is 9.47 Å². The summed E-state index contributed by atoms with van der Waals surface area (Å²) in [6.45, 7) is 2.35. The lowest BCUT2D eigenvalue weighted by Crippen LogP contribution is -2.34. The normalized spacial score (nSPS) is 13.6. The van der Waals surface area contributed by atoms with Crippen LogP contribution in [-0.4, -0.2) is 33.6 Å². The van der Waals surface area contributed by atoms with Crippen molar-refractivity contribution in [2.45, 2.75) is 19.5 Å². The minimum Gasteiger partial charge on any atom is -0.333 e. The molecule has 4 aromatic rings. The zero-order valence-corrected chi connectivity index (χ0v) is 21.2. The Balaban J connectivity index is 1.39. The predicted molar refractivity (Wildman–Crippen MR) is 143 cm³/mol. The van der Waals surface area contributed by atoms with Gasteiger partial charge in [-0.1, -0.05) is 41.4 Å². The number of nitriles is 1. The number of nitrogens with one attached hydrogen (secondary N) is 1. The molecule has 1 aliphatic heterocycles. The summed E-state index contributed by atoms with van der Waals surface area (Å²) in [5.41, 5.74) is 4.89. The second kappa shape index (κ2) is 10.7. The molecule has 1 amide bonds. The maximum Gasteiger partial charge on any atom is 0.326 e. The van der Waals surface area contributed by atoms with E-state index in [1.54, 1.807) is 35.0 Å². The molecule has 1 aliphatic rings. The fourth-order valence-corrected chi connectivity index (χ4v) is 5.07. The highest BCUT2D eigenvalue weighted by Crippen LogP contribution is 2.32. The molecule has 2 aromatic heterocycles. The largest absolute Gasteiger partial charge is 0.333 e. The second-order valence-corrected chi connectivity index (χ2v) is 9.60. The first-order chi connectivity index (χ1) is 17.9. The third-order valence-corrected chi connectivity index (χ3v) is 6.95.